The van der Waals surface area contributed by atoms with Crippen molar-refractivity contribution in [1.82, 2.24) is 0 Å². The minimum absolute atomic E-state index is 0.00940. The molecule has 0 bridgehead atoms. The maximum Gasteiger partial charge on any atom is 0.150 e. The van der Waals surface area contributed by atoms with Gasteiger partial charge in [-0.05, 0) is 19.4 Å². The van der Waals surface area contributed by atoms with Crippen molar-refractivity contribution in [3.05, 3.63) is 24.2 Å². The summed E-state index contributed by atoms with van der Waals surface area (Å²) in [5, 5.41) is 0. The Balaban J connectivity index is 2.46. The summed E-state index contributed by atoms with van der Waals surface area (Å²) in [6.45, 7) is 1.70. The fraction of sp³-hybridized carbons (Fsp3) is 0.455. The van der Waals surface area contributed by atoms with E-state index in [2.05, 4.69) is 0 Å². The SMILES string of the molecule is CC1(c2ccoc2)C(=O)CCCC1=O. The van der Waals surface area contributed by atoms with Gasteiger partial charge in [0.2, 0.25) is 0 Å². The molecule has 0 spiro atoms. The van der Waals surface area contributed by atoms with Crippen molar-refractivity contribution in [2.24, 2.45) is 0 Å². The number of Topliss-reactive ketones (excluding diaryl/α,β-unsaturated/α-hetero) is 2. The van der Waals surface area contributed by atoms with E-state index in [0.29, 0.717) is 24.8 Å². The summed E-state index contributed by atoms with van der Waals surface area (Å²) in [7, 11) is 0. The van der Waals surface area contributed by atoms with Crippen LogP contribution < -0.4 is 0 Å². The molecule has 0 aliphatic heterocycles. The Morgan fingerprint density at radius 2 is 1.93 bits per heavy atom. The van der Waals surface area contributed by atoms with Crippen LogP contribution in [0.4, 0.5) is 0 Å². The number of hydrogen-bond acceptors (Lipinski definition) is 3. The fourth-order valence-electron chi connectivity index (χ4n) is 1.94. The summed E-state index contributed by atoms with van der Waals surface area (Å²) in [6, 6.07) is 1.70. The van der Waals surface area contributed by atoms with E-state index < -0.39 is 5.41 Å². The smallest absolute Gasteiger partial charge is 0.150 e. The van der Waals surface area contributed by atoms with Gasteiger partial charge < -0.3 is 4.42 Å². The van der Waals surface area contributed by atoms with Gasteiger partial charge in [-0.15, -0.1) is 0 Å². The topological polar surface area (TPSA) is 47.3 Å². The number of carbonyl (C=O) groups excluding carboxylic acids is 2. The van der Waals surface area contributed by atoms with Crippen LogP contribution in [0.15, 0.2) is 23.0 Å². The van der Waals surface area contributed by atoms with Crippen LogP contribution in [0.2, 0.25) is 0 Å². The van der Waals surface area contributed by atoms with Gasteiger partial charge in [0, 0.05) is 18.4 Å². The van der Waals surface area contributed by atoms with E-state index in [4.69, 9.17) is 4.42 Å². The average molecular weight is 192 g/mol. The van der Waals surface area contributed by atoms with Crippen molar-refractivity contribution in [1.29, 1.82) is 0 Å². The largest absolute Gasteiger partial charge is 0.472 e. The minimum Gasteiger partial charge on any atom is -0.472 e. The zero-order chi connectivity index (χ0) is 10.2. The molecular weight excluding hydrogens is 180 g/mol. The third-order valence-corrected chi connectivity index (χ3v) is 3.02. The summed E-state index contributed by atoms with van der Waals surface area (Å²) in [5.74, 6) is 0.0188. The van der Waals surface area contributed by atoms with E-state index in [1.54, 1.807) is 13.0 Å². The lowest BCUT2D eigenvalue weighted by molar-refractivity contribution is -0.137. The van der Waals surface area contributed by atoms with Gasteiger partial charge in [-0.1, -0.05) is 0 Å². The zero-order valence-electron chi connectivity index (χ0n) is 8.08. The predicted octanol–water partition coefficient (Wildman–Crippen LogP) is 1.86. The van der Waals surface area contributed by atoms with Gasteiger partial charge in [0.25, 0.3) is 0 Å². The molecule has 1 aliphatic carbocycles. The Kier molecular flexibility index (Phi) is 2.02. The van der Waals surface area contributed by atoms with Gasteiger partial charge in [-0.2, -0.15) is 0 Å². The van der Waals surface area contributed by atoms with Crippen LogP contribution in [-0.4, -0.2) is 11.6 Å². The van der Waals surface area contributed by atoms with Gasteiger partial charge in [0.15, 0.2) is 11.6 Å². The Morgan fingerprint density at radius 1 is 1.29 bits per heavy atom. The Bertz CT molecular complexity index is 346. The first-order chi connectivity index (χ1) is 6.65. The van der Waals surface area contributed by atoms with Gasteiger partial charge in [0.05, 0.1) is 12.5 Å². The third kappa shape index (κ3) is 1.12. The highest BCUT2D eigenvalue weighted by Crippen LogP contribution is 2.33. The first-order valence-electron chi connectivity index (χ1n) is 4.75. The molecule has 0 aromatic carbocycles. The molecule has 0 atom stereocenters. The van der Waals surface area contributed by atoms with Crippen LogP contribution in [0.25, 0.3) is 0 Å². The molecule has 1 heterocycles. The lowest BCUT2D eigenvalue weighted by atomic mass is 9.70. The molecular formula is C11H12O3. The molecule has 0 amide bonds. The fourth-order valence-corrected chi connectivity index (χ4v) is 1.94. The standard InChI is InChI=1S/C11H12O3/c1-11(8-5-6-14-7-8)9(12)3-2-4-10(11)13/h5-7H,2-4H2,1H3. The molecule has 0 unspecified atom stereocenters. The van der Waals surface area contributed by atoms with Crippen molar-refractivity contribution in [2.45, 2.75) is 31.6 Å². The number of hydrogen-bond donors (Lipinski definition) is 0. The Hall–Kier alpha value is -1.38. The summed E-state index contributed by atoms with van der Waals surface area (Å²) in [4.78, 5) is 23.5. The first-order valence-corrected chi connectivity index (χ1v) is 4.75. The Morgan fingerprint density at radius 3 is 2.43 bits per heavy atom. The molecule has 14 heavy (non-hydrogen) atoms. The van der Waals surface area contributed by atoms with E-state index in [-0.39, 0.29) is 11.6 Å². The molecule has 1 aromatic heterocycles. The maximum atomic E-state index is 11.8. The predicted molar refractivity (Wildman–Crippen MR) is 49.9 cm³/mol. The molecule has 3 heteroatoms. The van der Waals surface area contributed by atoms with E-state index in [1.807, 2.05) is 0 Å². The third-order valence-electron chi connectivity index (χ3n) is 3.02. The first kappa shape index (κ1) is 9.19. The summed E-state index contributed by atoms with van der Waals surface area (Å²) >= 11 is 0. The van der Waals surface area contributed by atoms with Crippen LogP contribution in [-0.2, 0) is 15.0 Å². The number of furan rings is 1. The zero-order valence-corrected chi connectivity index (χ0v) is 8.08. The van der Waals surface area contributed by atoms with Crippen LogP contribution in [0.1, 0.15) is 31.7 Å². The summed E-state index contributed by atoms with van der Waals surface area (Å²) in [6.07, 6.45) is 4.66. The van der Waals surface area contributed by atoms with E-state index in [1.165, 1.54) is 12.5 Å². The lowest BCUT2D eigenvalue weighted by Crippen LogP contribution is -2.43. The molecule has 74 valence electrons. The minimum atomic E-state index is -0.953. The van der Waals surface area contributed by atoms with Crippen molar-refractivity contribution < 1.29 is 14.0 Å². The quantitative estimate of drug-likeness (QED) is 0.638. The van der Waals surface area contributed by atoms with Crippen molar-refractivity contribution >= 4 is 11.6 Å². The monoisotopic (exact) mass is 192 g/mol. The van der Waals surface area contributed by atoms with Gasteiger partial charge in [0.1, 0.15) is 5.41 Å². The van der Waals surface area contributed by atoms with Crippen molar-refractivity contribution in [2.75, 3.05) is 0 Å². The molecule has 1 saturated carbocycles. The molecule has 3 nitrogen and oxygen atoms in total. The average Bonchev–Trinajstić information content (AvgIpc) is 2.67. The summed E-state index contributed by atoms with van der Waals surface area (Å²) in [5.41, 5.74) is -0.266. The van der Waals surface area contributed by atoms with E-state index in [9.17, 15) is 9.59 Å². The molecule has 1 fully saturated rings. The second-order valence-electron chi connectivity index (χ2n) is 3.84. The van der Waals surface area contributed by atoms with Gasteiger partial charge >= 0.3 is 0 Å². The molecule has 1 aliphatic rings. The highest BCUT2D eigenvalue weighted by molar-refractivity contribution is 6.13. The maximum absolute atomic E-state index is 11.8. The normalized spacial score (nSPS) is 21.2. The number of rotatable bonds is 1. The number of carbonyl (C=O) groups is 2. The highest BCUT2D eigenvalue weighted by atomic mass is 16.3. The van der Waals surface area contributed by atoms with E-state index >= 15 is 0 Å². The summed E-state index contributed by atoms with van der Waals surface area (Å²) < 4.78 is 4.93. The Labute approximate surface area is 82.1 Å². The molecule has 0 N–H and O–H groups in total. The van der Waals surface area contributed by atoms with Crippen molar-refractivity contribution in [3.8, 4) is 0 Å². The highest BCUT2D eigenvalue weighted by Gasteiger charge is 2.44. The van der Waals surface area contributed by atoms with Crippen molar-refractivity contribution in [3.63, 3.8) is 0 Å². The second-order valence-corrected chi connectivity index (χ2v) is 3.84. The lowest BCUT2D eigenvalue weighted by Gasteiger charge is -2.29. The van der Waals surface area contributed by atoms with Crippen LogP contribution >= 0.6 is 0 Å². The molecule has 0 radical (unpaired) electrons. The van der Waals surface area contributed by atoms with Gasteiger partial charge in [-0.3, -0.25) is 9.59 Å². The molecule has 2 rings (SSSR count). The number of ketones is 2. The molecule has 0 saturated heterocycles. The van der Waals surface area contributed by atoms with E-state index in [0.717, 1.165) is 0 Å². The van der Waals surface area contributed by atoms with Crippen LogP contribution in [0.5, 0.6) is 0 Å². The van der Waals surface area contributed by atoms with Crippen LogP contribution in [0.3, 0.4) is 0 Å². The second kappa shape index (κ2) is 3.08. The van der Waals surface area contributed by atoms with Crippen LogP contribution in [0, 0.1) is 0 Å². The molecule has 1 aromatic rings. The van der Waals surface area contributed by atoms with Gasteiger partial charge in [-0.25, -0.2) is 0 Å².